The molecule has 1 aliphatic heterocycles. The van der Waals surface area contributed by atoms with Crippen molar-refractivity contribution in [3.8, 4) is 11.5 Å². The Bertz CT molecular complexity index is 887. The average Bonchev–Trinajstić information content (AvgIpc) is 2.64. The van der Waals surface area contributed by atoms with Crippen LogP contribution in [0, 0.1) is 0 Å². The van der Waals surface area contributed by atoms with Crippen LogP contribution in [-0.4, -0.2) is 24.3 Å². The van der Waals surface area contributed by atoms with Crippen molar-refractivity contribution in [2.24, 2.45) is 5.10 Å². The number of hydrogen-bond donors (Lipinski definition) is 1. The molecular formula is C21H23BrN2O3. The lowest BCUT2D eigenvalue weighted by Gasteiger charge is -2.27. The van der Waals surface area contributed by atoms with Crippen molar-refractivity contribution in [2.75, 3.05) is 6.61 Å². The van der Waals surface area contributed by atoms with Crippen molar-refractivity contribution < 1.29 is 14.3 Å². The summed E-state index contributed by atoms with van der Waals surface area (Å²) in [5.74, 6) is 0.901. The molecule has 1 N–H and O–H groups in total. The fraction of sp³-hybridized carbons (Fsp3) is 0.333. The smallest absolute Gasteiger partial charge is 0.284 e. The molecule has 0 aromatic heterocycles. The summed E-state index contributed by atoms with van der Waals surface area (Å²) in [4.78, 5) is 12.5. The molecule has 0 saturated heterocycles. The molecule has 1 heterocycles. The molecule has 1 aliphatic rings. The Morgan fingerprint density at radius 1 is 1.19 bits per heavy atom. The highest BCUT2D eigenvalue weighted by molar-refractivity contribution is 9.10. The quantitative estimate of drug-likeness (QED) is 0.578. The van der Waals surface area contributed by atoms with Crippen molar-refractivity contribution in [2.45, 2.75) is 39.2 Å². The maximum absolute atomic E-state index is 12.5. The fourth-order valence-electron chi connectivity index (χ4n) is 2.66. The molecule has 1 amide bonds. The van der Waals surface area contributed by atoms with Gasteiger partial charge in [0.1, 0.15) is 6.61 Å². The minimum absolute atomic E-state index is 0.0149. The van der Waals surface area contributed by atoms with Crippen molar-refractivity contribution >= 4 is 27.5 Å². The van der Waals surface area contributed by atoms with Crippen molar-refractivity contribution in [1.29, 1.82) is 0 Å². The lowest BCUT2D eigenvalue weighted by Crippen LogP contribution is -2.42. The minimum atomic E-state index is -0.744. The molecule has 5 nitrogen and oxygen atoms in total. The number of halogens is 1. The lowest BCUT2D eigenvalue weighted by molar-refractivity contribution is -0.130. The summed E-state index contributed by atoms with van der Waals surface area (Å²) in [6, 6.07) is 13.6. The van der Waals surface area contributed by atoms with E-state index in [1.54, 1.807) is 0 Å². The predicted molar refractivity (Wildman–Crippen MR) is 110 cm³/mol. The Balaban J connectivity index is 1.69. The Morgan fingerprint density at radius 2 is 1.96 bits per heavy atom. The number of ether oxygens (including phenoxy) is 2. The standard InChI is InChI=1S/C21H23BrN2O3/c1-13(14-6-5-7-16(22)10-14)23-24-20(25)19-12-26-17-9-8-15(21(2,3)4)11-18(17)27-19/h5-11,19H,12H2,1-4H3,(H,24,25)/b23-13-/t19-/m0/s1. The third-order valence-electron chi connectivity index (χ3n) is 4.34. The van der Waals surface area contributed by atoms with Gasteiger partial charge in [0.05, 0.1) is 5.71 Å². The van der Waals surface area contributed by atoms with Crippen molar-refractivity contribution in [3.05, 3.63) is 58.1 Å². The molecule has 27 heavy (non-hydrogen) atoms. The summed E-state index contributed by atoms with van der Waals surface area (Å²) in [7, 11) is 0. The zero-order valence-electron chi connectivity index (χ0n) is 15.9. The van der Waals surface area contributed by atoms with Gasteiger partial charge in [0.2, 0.25) is 6.10 Å². The predicted octanol–water partition coefficient (Wildman–Crippen LogP) is 4.43. The van der Waals surface area contributed by atoms with Crippen LogP contribution in [0.5, 0.6) is 11.5 Å². The van der Waals surface area contributed by atoms with Crippen LogP contribution in [-0.2, 0) is 10.2 Å². The molecule has 1 atom stereocenters. The van der Waals surface area contributed by atoms with E-state index in [4.69, 9.17) is 9.47 Å². The summed E-state index contributed by atoms with van der Waals surface area (Å²) >= 11 is 3.43. The van der Waals surface area contributed by atoms with Gasteiger partial charge in [0, 0.05) is 4.47 Å². The Kier molecular flexibility index (Phi) is 5.56. The Labute approximate surface area is 167 Å². The number of amides is 1. The first-order valence-electron chi connectivity index (χ1n) is 8.78. The van der Waals surface area contributed by atoms with Crippen molar-refractivity contribution in [1.82, 2.24) is 5.43 Å². The van der Waals surface area contributed by atoms with Gasteiger partial charge >= 0.3 is 0 Å². The first-order chi connectivity index (χ1) is 12.7. The zero-order chi connectivity index (χ0) is 19.6. The van der Waals surface area contributed by atoms with Crippen LogP contribution < -0.4 is 14.9 Å². The van der Waals surface area contributed by atoms with Gasteiger partial charge in [0.25, 0.3) is 5.91 Å². The molecule has 0 aliphatic carbocycles. The average molecular weight is 431 g/mol. The second kappa shape index (κ2) is 7.72. The van der Waals surface area contributed by atoms with Crippen LogP contribution in [0.2, 0.25) is 0 Å². The fourth-order valence-corrected chi connectivity index (χ4v) is 3.06. The van der Waals surface area contributed by atoms with Gasteiger partial charge in [-0.3, -0.25) is 4.79 Å². The highest BCUT2D eigenvalue weighted by atomic mass is 79.9. The number of carbonyl (C=O) groups is 1. The number of fused-ring (bicyclic) bond motifs is 1. The molecule has 142 valence electrons. The van der Waals surface area contributed by atoms with Crippen LogP contribution in [0.4, 0.5) is 0 Å². The molecule has 0 radical (unpaired) electrons. The number of benzene rings is 2. The first kappa shape index (κ1) is 19.4. The van der Waals surface area contributed by atoms with E-state index >= 15 is 0 Å². The summed E-state index contributed by atoms with van der Waals surface area (Å²) < 4.78 is 12.5. The van der Waals surface area contributed by atoms with Gasteiger partial charge < -0.3 is 9.47 Å². The van der Waals surface area contributed by atoms with Crippen LogP contribution in [0.3, 0.4) is 0 Å². The second-order valence-electron chi connectivity index (χ2n) is 7.51. The molecule has 0 saturated carbocycles. The third kappa shape index (κ3) is 4.69. The molecule has 6 heteroatoms. The van der Waals surface area contributed by atoms with E-state index in [2.05, 4.69) is 47.2 Å². The molecule has 0 fully saturated rings. The van der Waals surface area contributed by atoms with E-state index in [-0.39, 0.29) is 17.9 Å². The number of nitrogens with one attached hydrogen (secondary N) is 1. The van der Waals surface area contributed by atoms with Gasteiger partial charge in [-0.1, -0.05) is 54.9 Å². The third-order valence-corrected chi connectivity index (χ3v) is 4.83. The van der Waals surface area contributed by atoms with E-state index in [9.17, 15) is 4.79 Å². The normalized spacial score (nSPS) is 16.8. The summed E-state index contributed by atoms with van der Waals surface area (Å²) in [6.45, 7) is 8.37. The summed E-state index contributed by atoms with van der Waals surface area (Å²) in [5, 5.41) is 4.18. The van der Waals surface area contributed by atoms with Gasteiger partial charge in [-0.05, 0) is 47.7 Å². The topological polar surface area (TPSA) is 59.9 Å². The van der Waals surface area contributed by atoms with E-state index in [1.807, 2.05) is 49.4 Å². The van der Waals surface area contributed by atoms with Crippen LogP contribution in [0.25, 0.3) is 0 Å². The zero-order valence-corrected chi connectivity index (χ0v) is 17.5. The Morgan fingerprint density at radius 3 is 2.67 bits per heavy atom. The molecular weight excluding hydrogens is 408 g/mol. The molecule has 0 bridgehead atoms. The highest BCUT2D eigenvalue weighted by Gasteiger charge is 2.28. The SMILES string of the molecule is C/C(=N/NC(=O)[C@@H]1COc2ccc(C(C)(C)C)cc2O1)c1cccc(Br)c1. The molecule has 3 rings (SSSR count). The van der Waals surface area contributed by atoms with Crippen LogP contribution in [0.15, 0.2) is 52.0 Å². The minimum Gasteiger partial charge on any atom is -0.485 e. The Hall–Kier alpha value is -2.34. The summed E-state index contributed by atoms with van der Waals surface area (Å²) in [5.41, 5.74) is 5.31. The van der Waals surface area contributed by atoms with Crippen LogP contribution in [0.1, 0.15) is 38.8 Å². The molecule has 0 unspecified atom stereocenters. The second-order valence-corrected chi connectivity index (χ2v) is 8.43. The molecule has 2 aromatic rings. The van der Waals surface area contributed by atoms with E-state index < -0.39 is 6.10 Å². The highest BCUT2D eigenvalue weighted by Crippen LogP contribution is 2.36. The van der Waals surface area contributed by atoms with E-state index in [0.29, 0.717) is 17.2 Å². The largest absolute Gasteiger partial charge is 0.485 e. The first-order valence-corrected chi connectivity index (χ1v) is 9.57. The monoisotopic (exact) mass is 430 g/mol. The molecule has 2 aromatic carbocycles. The van der Waals surface area contributed by atoms with Gasteiger partial charge in [-0.2, -0.15) is 5.10 Å². The number of carbonyl (C=O) groups excluding carboxylic acids is 1. The maximum Gasteiger partial charge on any atom is 0.284 e. The lowest BCUT2D eigenvalue weighted by atomic mass is 9.87. The van der Waals surface area contributed by atoms with Gasteiger partial charge in [-0.25, -0.2) is 5.43 Å². The van der Waals surface area contributed by atoms with Gasteiger partial charge in [-0.15, -0.1) is 0 Å². The van der Waals surface area contributed by atoms with Crippen molar-refractivity contribution in [3.63, 3.8) is 0 Å². The van der Waals surface area contributed by atoms with E-state index in [1.165, 1.54) is 0 Å². The number of rotatable bonds is 3. The van der Waals surface area contributed by atoms with Crippen LogP contribution >= 0.6 is 15.9 Å². The van der Waals surface area contributed by atoms with E-state index in [0.717, 1.165) is 15.6 Å². The maximum atomic E-state index is 12.5. The molecule has 0 spiro atoms. The number of hydrogen-bond acceptors (Lipinski definition) is 4. The van der Waals surface area contributed by atoms with Gasteiger partial charge in [0.15, 0.2) is 11.5 Å². The summed E-state index contributed by atoms with van der Waals surface area (Å²) in [6.07, 6.45) is -0.744. The number of nitrogens with zero attached hydrogens (tertiary/aromatic N) is 1. The number of hydrazone groups is 1.